The van der Waals surface area contributed by atoms with Crippen molar-refractivity contribution in [1.29, 1.82) is 0 Å². The summed E-state index contributed by atoms with van der Waals surface area (Å²) < 4.78 is 39.2. The first-order valence-corrected chi connectivity index (χ1v) is 8.76. The Bertz CT molecular complexity index is 978. The highest BCUT2D eigenvalue weighted by Gasteiger charge is 2.38. The van der Waals surface area contributed by atoms with Crippen LogP contribution in [0.3, 0.4) is 0 Å². The van der Waals surface area contributed by atoms with Gasteiger partial charge in [0.2, 0.25) is 0 Å². The molecule has 3 aromatic rings. The van der Waals surface area contributed by atoms with Crippen LogP contribution in [0.2, 0.25) is 0 Å². The number of fused-ring (bicyclic) bond motifs is 3. The third-order valence-electron chi connectivity index (χ3n) is 5.14. The van der Waals surface area contributed by atoms with Gasteiger partial charge in [-0.1, -0.05) is 13.3 Å². The third-order valence-corrected chi connectivity index (χ3v) is 5.14. The average Bonchev–Trinajstić information content (AvgIpc) is 3.33. The van der Waals surface area contributed by atoms with Gasteiger partial charge in [-0.05, 0) is 12.0 Å². The van der Waals surface area contributed by atoms with E-state index in [9.17, 15) is 18.0 Å². The molecule has 1 saturated heterocycles. The molecule has 10 heteroatoms. The van der Waals surface area contributed by atoms with E-state index in [-0.39, 0.29) is 11.8 Å². The molecule has 0 spiro atoms. The van der Waals surface area contributed by atoms with E-state index < -0.39 is 18.8 Å². The van der Waals surface area contributed by atoms with Gasteiger partial charge in [0.05, 0.1) is 11.7 Å². The number of H-pyrrole nitrogens is 1. The van der Waals surface area contributed by atoms with Crippen LogP contribution < -0.4 is 5.32 Å². The molecule has 0 aliphatic carbocycles. The Morgan fingerprint density at radius 2 is 2.15 bits per heavy atom. The molecule has 4 heterocycles. The minimum atomic E-state index is -4.42. The van der Waals surface area contributed by atoms with Crippen molar-refractivity contribution in [2.75, 3.05) is 19.6 Å². The minimum absolute atomic E-state index is 0.0119. The highest BCUT2D eigenvalue weighted by atomic mass is 19.4. The summed E-state index contributed by atoms with van der Waals surface area (Å²) in [4.78, 5) is 25.4. The molecule has 0 radical (unpaired) electrons. The lowest BCUT2D eigenvalue weighted by atomic mass is 9.91. The van der Waals surface area contributed by atoms with E-state index in [1.807, 2.05) is 22.7 Å². The minimum Gasteiger partial charge on any atom is -0.345 e. The van der Waals surface area contributed by atoms with E-state index in [0.29, 0.717) is 18.7 Å². The normalized spacial score (nSPS) is 20.7. The smallest absolute Gasteiger partial charge is 0.345 e. The van der Waals surface area contributed by atoms with Gasteiger partial charge in [-0.3, -0.25) is 4.40 Å². The number of urea groups is 1. The number of imidazole rings is 1. The number of carbonyl (C=O) groups excluding carboxylic acids is 1. The van der Waals surface area contributed by atoms with E-state index >= 15 is 0 Å². The van der Waals surface area contributed by atoms with Gasteiger partial charge in [0.1, 0.15) is 6.54 Å². The van der Waals surface area contributed by atoms with Gasteiger partial charge in [0.15, 0.2) is 11.3 Å². The van der Waals surface area contributed by atoms with Crippen molar-refractivity contribution in [3.05, 3.63) is 30.4 Å². The SMILES string of the molecule is CC[C@@H]1CN(C(=O)NCC(F)(F)F)C[C@H]1c1cnc2cnc3[nH]ccc3n12. The fourth-order valence-electron chi connectivity index (χ4n) is 3.83. The van der Waals surface area contributed by atoms with Gasteiger partial charge >= 0.3 is 12.2 Å². The maximum atomic E-state index is 12.4. The van der Waals surface area contributed by atoms with Crippen LogP contribution in [-0.4, -0.2) is 56.1 Å². The molecule has 1 aliphatic rings. The van der Waals surface area contributed by atoms with Crippen LogP contribution in [0, 0.1) is 5.92 Å². The number of amides is 2. The van der Waals surface area contributed by atoms with Gasteiger partial charge < -0.3 is 15.2 Å². The van der Waals surface area contributed by atoms with E-state index in [4.69, 9.17) is 0 Å². The molecule has 0 saturated carbocycles. The van der Waals surface area contributed by atoms with Gasteiger partial charge in [-0.2, -0.15) is 13.2 Å². The Morgan fingerprint density at radius 1 is 1.33 bits per heavy atom. The van der Waals surface area contributed by atoms with Crippen molar-refractivity contribution < 1.29 is 18.0 Å². The maximum absolute atomic E-state index is 12.4. The molecule has 1 fully saturated rings. The van der Waals surface area contributed by atoms with Crippen LogP contribution in [0.5, 0.6) is 0 Å². The van der Waals surface area contributed by atoms with Gasteiger partial charge in [-0.25, -0.2) is 14.8 Å². The highest BCUT2D eigenvalue weighted by molar-refractivity contribution is 5.76. The van der Waals surface area contributed by atoms with Crippen molar-refractivity contribution in [3.63, 3.8) is 0 Å². The van der Waals surface area contributed by atoms with Crippen molar-refractivity contribution >= 4 is 22.8 Å². The topological polar surface area (TPSA) is 78.3 Å². The second kappa shape index (κ2) is 6.43. The van der Waals surface area contributed by atoms with Crippen LogP contribution in [-0.2, 0) is 0 Å². The van der Waals surface area contributed by atoms with Crippen LogP contribution in [0.25, 0.3) is 16.8 Å². The second-order valence-corrected chi connectivity index (χ2v) is 6.80. The maximum Gasteiger partial charge on any atom is 0.405 e. The van der Waals surface area contributed by atoms with E-state index in [1.165, 1.54) is 4.90 Å². The summed E-state index contributed by atoms with van der Waals surface area (Å²) in [5.74, 6) is 0.130. The van der Waals surface area contributed by atoms with Crippen molar-refractivity contribution in [2.24, 2.45) is 5.92 Å². The lowest BCUT2D eigenvalue weighted by Gasteiger charge is -2.18. The van der Waals surface area contributed by atoms with Gasteiger partial charge in [0, 0.05) is 37.1 Å². The van der Waals surface area contributed by atoms with Crippen molar-refractivity contribution in [2.45, 2.75) is 25.4 Å². The molecule has 0 bridgehead atoms. The Morgan fingerprint density at radius 3 is 2.89 bits per heavy atom. The van der Waals surface area contributed by atoms with Crippen LogP contribution in [0.4, 0.5) is 18.0 Å². The Balaban J connectivity index is 1.63. The number of nitrogens with zero attached hydrogens (tertiary/aromatic N) is 4. The molecular formula is C17H19F3N6O. The summed E-state index contributed by atoms with van der Waals surface area (Å²) in [5.41, 5.74) is 3.25. The number of likely N-dealkylation sites (tertiary alicyclic amines) is 1. The van der Waals surface area contributed by atoms with E-state index in [1.54, 1.807) is 18.6 Å². The molecule has 1 aliphatic heterocycles. The van der Waals surface area contributed by atoms with Crippen molar-refractivity contribution in [1.82, 2.24) is 29.6 Å². The predicted molar refractivity (Wildman–Crippen MR) is 92.4 cm³/mol. The number of halogens is 3. The summed E-state index contributed by atoms with van der Waals surface area (Å²) in [6.07, 6.45) is 1.62. The predicted octanol–water partition coefficient (Wildman–Crippen LogP) is 2.91. The summed E-state index contributed by atoms with van der Waals surface area (Å²) in [6, 6.07) is 1.22. The second-order valence-electron chi connectivity index (χ2n) is 6.80. The molecule has 3 aromatic heterocycles. The molecule has 7 nitrogen and oxygen atoms in total. The number of hydrogen-bond acceptors (Lipinski definition) is 3. The Kier molecular flexibility index (Phi) is 4.20. The Labute approximate surface area is 152 Å². The highest BCUT2D eigenvalue weighted by Crippen LogP contribution is 2.35. The molecule has 4 rings (SSSR count). The quantitative estimate of drug-likeness (QED) is 0.733. The summed E-state index contributed by atoms with van der Waals surface area (Å²) in [5, 5.41) is 1.96. The number of nitrogens with one attached hydrogen (secondary N) is 2. The van der Waals surface area contributed by atoms with Crippen molar-refractivity contribution in [3.8, 4) is 0 Å². The standard InChI is InChI=1S/C17H19F3N6O/c1-2-10-7-25(16(27)24-9-17(18,19)20)8-11(10)13-5-22-14-6-23-15-12(26(13)14)3-4-21-15/h3-6,10-11,21H,2,7-9H2,1H3,(H,24,27)/t10-,11-/m1/s1. The number of hydrogen-bond donors (Lipinski definition) is 2. The zero-order chi connectivity index (χ0) is 19.2. The molecule has 0 unspecified atom stereocenters. The molecular weight excluding hydrogens is 361 g/mol. The molecule has 0 aromatic carbocycles. The van der Waals surface area contributed by atoms with Gasteiger partial charge in [0.25, 0.3) is 0 Å². The zero-order valence-electron chi connectivity index (χ0n) is 14.6. The van der Waals surface area contributed by atoms with E-state index in [2.05, 4.69) is 15.0 Å². The average molecular weight is 380 g/mol. The fourth-order valence-corrected chi connectivity index (χ4v) is 3.83. The number of alkyl halides is 3. The largest absolute Gasteiger partial charge is 0.405 e. The number of aromatic amines is 1. The molecule has 2 N–H and O–H groups in total. The first-order valence-electron chi connectivity index (χ1n) is 8.76. The lowest BCUT2D eigenvalue weighted by molar-refractivity contribution is -0.123. The lowest BCUT2D eigenvalue weighted by Crippen LogP contribution is -2.42. The number of carbonyl (C=O) groups is 1. The molecule has 2 atom stereocenters. The Hall–Kier alpha value is -2.78. The van der Waals surface area contributed by atoms with Crippen LogP contribution in [0.1, 0.15) is 25.0 Å². The molecule has 27 heavy (non-hydrogen) atoms. The molecule has 144 valence electrons. The number of rotatable bonds is 3. The first kappa shape index (κ1) is 17.6. The molecule has 2 amide bonds. The third kappa shape index (κ3) is 3.19. The monoisotopic (exact) mass is 380 g/mol. The zero-order valence-corrected chi connectivity index (χ0v) is 14.6. The fraction of sp³-hybridized carbons (Fsp3) is 0.471. The van der Waals surface area contributed by atoms with Crippen LogP contribution >= 0.6 is 0 Å². The van der Waals surface area contributed by atoms with Gasteiger partial charge in [-0.15, -0.1) is 0 Å². The van der Waals surface area contributed by atoms with E-state index in [0.717, 1.165) is 23.3 Å². The summed E-state index contributed by atoms with van der Waals surface area (Å²) >= 11 is 0. The van der Waals surface area contributed by atoms with Crippen LogP contribution in [0.15, 0.2) is 24.7 Å². The summed E-state index contributed by atoms with van der Waals surface area (Å²) in [6.45, 7) is 1.46. The number of aromatic nitrogens is 4. The summed E-state index contributed by atoms with van der Waals surface area (Å²) in [7, 11) is 0. The first-order chi connectivity index (χ1) is 12.9.